The van der Waals surface area contributed by atoms with Crippen molar-refractivity contribution in [3.05, 3.63) is 5.82 Å². The number of carboxylic acids is 3. The first-order valence-electron chi connectivity index (χ1n) is 22.0. The van der Waals surface area contributed by atoms with E-state index in [0.717, 1.165) is 32.1 Å². The maximum Gasteiger partial charge on any atom is 0.303 e. The van der Waals surface area contributed by atoms with E-state index in [9.17, 15) is 58.2 Å². The normalized spacial score (nSPS) is 16.1. The van der Waals surface area contributed by atoms with Crippen molar-refractivity contribution in [1.82, 2.24) is 52.5 Å². The third-order valence-electron chi connectivity index (χ3n) is 11.0. The van der Waals surface area contributed by atoms with Gasteiger partial charge < -0.3 is 47.2 Å². The Morgan fingerprint density at radius 3 is 1.64 bits per heavy atom. The molecule has 6 amide bonds. The number of nitrogens with zero attached hydrogens (tertiary/aromatic N) is 3. The maximum absolute atomic E-state index is 14.2. The second kappa shape index (κ2) is 27.9. The van der Waals surface area contributed by atoms with Gasteiger partial charge in [-0.15, -0.1) is 10.2 Å². The van der Waals surface area contributed by atoms with Crippen LogP contribution in [0.2, 0.25) is 0 Å². The molecule has 1 aliphatic carbocycles. The highest BCUT2D eigenvalue weighted by molar-refractivity contribution is 6.00. The van der Waals surface area contributed by atoms with Crippen molar-refractivity contribution in [2.45, 2.75) is 174 Å². The molecular weight excluding hydrogens is 841 g/mol. The Morgan fingerprint density at radius 2 is 1.12 bits per heavy atom. The Kier molecular flexibility index (Phi) is 23.6. The summed E-state index contributed by atoms with van der Waals surface area (Å²) in [6.07, 6.45) is 2.82. The van der Waals surface area contributed by atoms with E-state index in [-0.39, 0.29) is 36.9 Å². The van der Waals surface area contributed by atoms with Gasteiger partial charge >= 0.3 is 17.9 Å². The van der Waals surface area contributed by atoms with Gasteiger partial charge in [-0.05, 0) is 55.1 Å². The first-order valence-corrected chi connectivity index (χ1v) is 22.0. The Morgan fingerprint density at radius 1 is 0.609 bits per heavy atom. The molecule has 7 atom stereocenters. The van der Waals surface area contributed by atoms with E-state index < -0.39 is 140 Å². The molecule has 10 N–H and O–H groups in total. The van der Waals surface area contributed by atoms with Crippen molar-refractivity contribution >= 4 is 59.1 Å². The minimum atomic E-state index is -1.61. The van der Waals surface area contributed by atoms with Crippen molar-refractivity contribution in [2.75, 3.05) is 0 Å². The lowest BCUT2D eigenvalue weighted by molar-refractivity contribution is -0.140. The molecule has 0 spiro atoms. The number of ketones is 1. The van der Waals surface area contributed by atoms with Crippen LogP contribution >= 0.6 is 0 Å². The third-order valence-corrected chi connectivity index (χ3v) is 11.0. The minimum absolute atomic E-state index is 0.0207. The van der Waals surface area contributed by atoms with Gasteiger partial charge in [-0.1, -0.05) is 79.6 Å². The number of hydrogen-bond donors (Lipinski definition) is 10. The quantitative estimate of drug-likeness (QED) is 0.0476. The maximum atomic E-state index is 14.2. The number of amides is 6. The van der Waals surface area contributed by atoms with Crippen molar-refractivity contribution in [2.24, 2.45) is 17.8 Å². The van der Waals surface area contributed by atoms with Crippen molar-refractivity contribution in [3.8, 4) is 0 Å². The van der Waals surface area contributed by atoms with Crippen LogP contribution in [-0.4, -0.2) is 131 Å². The smallest absolute Gasteiger partial charge is 0.303 e. The van der Waals surface area contributed by atoms with E-state index in [1.54, 1.807) is 27.7 Å². The number of H-pyrrole nitrogens is 1. The number of aromatic nitrogens is 4. The van der Waals surface area contributed by atoms with Gasteiger partial charge in [-0.25, -0.2) is 0 Å². The highest BCUT2D eigenvalue weighted by atomic mass is 16.4. The van der Waals surface area contributed by atoms with Gasteiger partial charge in [-0.2, -0.15) is 5.21 Å². The highest BCUT2D eigenvalue weighted by Crippen LogP contribution is 2.28. The molecule has 0 radical (unpaired) electrons. The molecule has 23 heteroatoms. The Balaban J connectivity index is 2.38. The van der Waals surface area contributed by atoms with Crippen LogP contribution in [0.4, 0.5) is 0 Å². The third kappa shape index (κ3) is 19.6. The van der Waals surface area contributed by atoms with Crippen molar-refractivity contribution < 1.29 is 63.3 Å². The van der Waals surface area contributed by atoms with Gasteiger partial charge in [-0.3, -0.25) is 47.9 Å². The van der Waals surface area contributed by atoms with E-state index in [4.69, 9.17) is 5.11 Å². The zero-order valence-corrected chi connectivity index (χ0v) is 37.3. The van der Waals surface area contributed by atoms with Gasteiger partial charge in [0, 0.05) is 19.3 Å². The molecule has 1 heterocycles. The molecule has 0 saturated heterocycles. The van der Waals surface area contributed by atoms with Gasteiger partial charge in [0.25, 0.3) is 0 Å². The van der Waals surface area contributed by atoms with E-state index in [1.807, 2.05) is 6.92 Å². The molecule has 0 aliphatic heterocycles. The summed E-state index contributed by atoms with van der Waals surface area (Å²) < 4.78 is 0. The fourth-order valence-electron chi connectivity index (χ4n) is 7.26. The summed E-state index contributed by atoms with van der Waals surface area (Å²) in [6, 6.07) is -7.81. The first kappa shape index (κ1) is 54.1. The largest absolute Gasteiger partial charge is 0.481 e. The van der Waals surface area contributed by atoms with E-state index in [1.165, 1.54) is 0 Å². The summed E-state index contributed by atoms with van der Waals surface area (Å²) in [5, 5.41) is 56.2. The topological polar surface area (TPSA) is 358 Å². The summed E-state index contributed by atoms with van der Waals surface area (Å²) in [5.74, 6) is -10.3. The lowest BCUT2D eigenvalue weighted by Crippen LogP contribution is -2.61. The fraction of sp³-hybridized carbons (Fsp3) is 0.732. The SMILES string of the molecule is CCCC(NC(=O)[C@H](CC1CCCCC1)NC(=O)[C@@H](NC(=O)[C@H](CC(C)C)NC(=O)[C@@H](CCC(=O)O)NC(=O)[C@H](CCC(=O)O)NC(=O)CCC(=O)O)[C@@H](C)CC)C(=O)c1nn[nH]n1. The van der Waals surface area contributed by atoms with Crippen LogP contribution in [0, 0.1) is 17.8 Å². The zero-order valence-electron chi connectivity index (χ0n) is 37.3. The summed E-state index contributed by atoms with van der Waals surface area (Å²) in [5.41, 5.74) is 0. The number of carbonyl (C=O) groups excluding carboxylic acids is 7. The molecule has 1 aliphatic rings. The molecule has 1 aromatic rings. The predicted octanol–water partition coefficient (Wildman–Crippen LogP) is 0.748. The molecule has 358 valence electrons. The molecule has 0 aromatic carbocycles. The van der Waals surface area contributed by atoms with Gasteiger partial charge in [0.15, 0.2) is 0 Å². The van der Waals surface area contributed by atoms with Crippen LogP contribution in [0.15, 0.2) is 0 Å². The summed E-state index contributed by atoms with van der Waals surface area (Å²) in [7, 11) is 0. The number of aromatic amines is 1. The lowest BCUT2D eigenvalue weighted by atomic mass is 9.84. The number of hydrogen-bond acceptors (Lipinski definition) is 13. The van der Waals surface area contributed by atoms with Crippen LogP contribution in [0.25, 0.3) is 0 Å². The number of nitrogens with one attached hydrogen (secondary N) is 7. The molecule has 1 unspecified atom stereocenters. The highest BCUT2D eigenvalue weighted by Gasteiger charge is 2.36. The average Bonchev–Trinajstić information content (AvgIpc) is 3.79. The summed E-state index contributed by atoms with van der Waals surface area (Å²) in [4.78, 5) is 129. The van der Waals surface area contributed by atoms with Crippen molar-refractivity contribution in [1.29, 1.82) is 0 Å². The Labute approximate surface area is 371 Å². The standard InChI is InChI=1S/C41H66N10O13/c1-6-11-25(35(59)36-48-50-51-49-36)43-39(62)29(21-24-12-9-8-10-13-24)46-41(64)34(23(5)7-2)47-40(63)28(20-22(3)4)45-38(61)27(15-18-32(55)56)44-37(60)26(14-17-31(53)54)42-30(52)16-19-33(57)58/h22-29,34H,6-21H2,1-5H3,(H,42,52)(H,43,62)(H,44,60)(H,45,61)(H,46,64)(H,47,63)(H,53,54)(H,55,56)(H,57,58)(H,48,49,50,51)/t23-,25?,26-,27+,28-,29-,34-/m0/s1. The summed E-state index contributed by atoms with van der Waals surface area (Å²) in [6.45, 7) is 8.87. The monoisotopic (exact) mass is 906 g/mol. The molecule has 0 bridgehead atoms. The second-order valence-corrected chi connectivity index (χ2v) is 16.8. The Bertz CT molecular complexity index is 1750. The van der Waals surface area contributed by atoms with E-state index in [0.29, 0.717) is 12.8 Å². The van der Waals surface area contributed by atoms with Crippen LogP contribution in [0.3, 0.4) is 0 Å². The number of Topliss-reactive ketones (excluding diaryl/α,β-unsaturated/α-hetero) is 1. The molecule has 64 heavy (non-hydrogen) atoms. The minimum Gasteiger partial charge on any atom is -0.481 e. The van der Waals surface area contributed by atoms with Crippen molar-refractivity contribution in [3.63, 3.8) is 0 Å². The number of carboxylic acid groups (broad SMARTS) is 3. The van der Waals surface area contributed by atoms with Gasteiger partial charge in [0.1, 0.15) is 30.2 Å². The second-order valence-electron chi connectivity index (χ2n) is 16.8. The molecule has 1 aromatic heterocycles. The molecule has 1 fully saturated rings. The summed E-state index contributed by atoms with van der Waals surface area (Å²) >= 11 is 0. The van der Waals surface area contributed by atoms with Crippen LogP contribution in [0.1, 0.15) is 148 Å². The van der Waals surface area contributed by atoms with E-state index >= 15 is 0 Å². The number of aliphatic carboxylic acids is 3. The number of carbonyl (C=O) groups is 10. The molecule has 1 saturated carbocycles. The number of rotatable bonds is 30. The molecular formula is C41H66N10O13. The Hall–Kier alpha value is -6.03. The van der Waals surface area contributed by atoms with E-state index in [2.05, 4.69) is 52.5 Å². The predicted molar refractivity (Wildman–Crippen MR) is 226 cm³/mol. The van der Waals surface area contributed by atoms with Crippen LogP contribution in [-0.2, 0) is 43.2 Å². The fourth-order valence-corrected chi connectivity index (χ4v) is 7.26. The van der Waals surface area contributed by atoms with Gasteiger partial charge in [0.2, 0.25) is 47.1 Å². The van der Waals surface area contributed by atoms with Crippen LogP contribution in [0.5, 0.6) is 0 Å². The molecule has 23 nitrogen and oxygen atoms in total. The van der Waals surface area contributed by atoms with Gasteiger partial charge in [0.05, 0.1) is 12.5 Å². The average molecular weight is 907 g/mol. The molecule has 2 rings (SSSR count). The zero-order chi connectivity index (χ0) is 47.9. The lowest BCUT2D eigenvalue weighted by Gasteiger charge is -2.31. The number of tetrazole rings is 1. The first-order chi connectivity index (χ1) is 30.2. The van der Waals surface area contributed by atoms with Crippen LogP contribution < -0.4 is 31.9 Å².